The molecule has 1 amide bonds. The van der Waals surface area contributed by atoms with Gasteiger partial charge in [0.05, 0.1) is 46.1 Å². The second-order valence-electron chi connectivity index (χ2n) is 6.59. The van der Waals surface area contributed by atoms with Crippen molar-refractivity contribution in [3.05, 3.63) is 53.1 Å². The molecule has 0 spiro atoms. The van der Waals surface area contributed by atoms with Gasteiger partial charge in [-0.05, 0) is 29.8 Å². The minimum absolute atomic E-state index is 0.146. The summed E-state index contributed by atoms with van der Waals surface area (Å²) in [5.74, 6) is -2.37. The van der Waals surface area contributed by atoms with Gasteiger partial charge in [0, 0.05) is 6.54 Å². The molecule has 7 nitrogen and oxygen atoms in total. The molecule has 1 aliphatic rings. The van der Waals surface area contributed by atoms with Crippen LogP contribution in [0.5, 0.6) is 17.2 Å². The number of amides is 1. The molecular formula is C21H23F2NO6. The van der Waals surface area contributed by atoms with Crippen molar-refractivity contribution in [3.63, 3.8) is 0 Å². The van der Waals surface area contributed by atoms with E-state index in [1.54, 1.807) is 18.2 Å². The van der Waals surface area contributed by atoms with Crippen LogP contribution in [-0.4, -0.2) is 63.1 Å². The third-order valence-electron chi connectivity index (χ3n) is 5.03. The predicted molar refractivity (Wildman–Crippen MR) is 103 cm³/mol. The molecule has 0 aromatic heterocycles. The maximum absolute atomic E-state index is 14.7. The van der Waals surface area contributed by atoms with E-state index in [2.05, 4.69) is 0 Å². The molecule has 0 bridgehead atoms. The van der Waals surface area contributed by atoms with Gasteiger partial charge in [-0.2, -0.15) is 0 Å². The monoisotopic (exact) mass is 423 g/mol. The van der Waals surface area contributed by atoms with Gasteiger partial charge in [-0.15, -0.1) is 0 Å². The highest BCUT2D eigenvalue weighted by atomic mass is 19.1. The zero-order valence-electron chi connectivity index (χ0n) is 16.9. The fraction of sp³-hybridized carbons (Fsp3) is 0.381. The standard InChI is InChI=1S/C21H23F2NO6/c1-27-15-7-4-12(10-16(15)28-2)19-17(11-25)30-9-8-24(19)21(26)13-5-6-14(22)20(29-3)18(13)23/h4-7,10,17,19,25H,8-9,11H2,1-3H3/t17-,19-/m1/s1. The molecule has 162 valence electrons. The first kappa shape index (κ1) is 21.8. The van der Waals surface area contributed by atoms with E-state index < -0.39 is 35.4 Å². The van der Waals surface area contributed by atoms with Crippen LogP contribution in [0.3, 0.4) is 0 Å². The largest absolute Gasteiger partial charge is 0.493 e. The molecule has 1 fully saturated rings. The Hall–Kier alpha value is -2.91. The summed E-state index contributed by atoms with van der Waals surface area (Å²) in [7, 11) is 4.10. The fourth-order valence-electron chi connectivity index (χ4n) is 3.58. The molecule has 1 N–H and O–H groups in total. The highest BCUT2D eigenvalue weighted by Gasteiger charge is 2.38. The Morgan fingerprint density at radius 2 is 1.87 bits per heavy atom. The van der Waals surface area contributed by atoms with Crippen LogP contribution in [0.25, 0.3) is 0 Å². The van der Waals surface area contributed by atoms with Crippen molar-refractivity contribution in [1.29, 1.82) is 0 Å². The van der Waals surface area contributed by atoms with Crippen LogP contribution >= 0.6 is 0 Å². The van der Waals surface area contributed by atoms with Gasteiger partial charge >= 0.3 is 0 Å². The normalized spacial score (nSPS) is 18.8. The van der Waals surface area contributed by atoms with E-state index >= 15 is 0 Å². The Kier molecular flexibility index (Phi) is 6.73. The second kappa shape index (κ2) is 9.27. The van der Waals surface area contributed by atoms with Crippen molar-refractivity contribution in [1.82, 2.24) is 4.90 Å². The second-order valence-corrected chi connectivity index (χ2v) is 6.59. The van der Waals surface area contributed by atoms with E-state index in [1.165, 1.54) is 19.1 Å². The number of hydrogen-bond acceptors (Lipinski definition) is 6. The lowest BCUT2D eigenvalue weighted by atomic mass is 9.96. The first-order chi connectivity index (χ1) is 14.5. The summed E-state index contributed by atoms with van der Waals surface area (Å²) in [4.78, 5) is 14.6. The minimum Gasteiger partial charge on any atom is -0.493 e. The minimum atomic E-state index is -1.08. The Bertz CT molecular complexity index is 923. The molecule has 30 heavy (non-hydrogen) atoms. The molecule has 9 heteroatoms. The molecule has 1 heterocycles. The van der Waals surface area contributed by atoms with Crippen molar-refractivity contribution in [2.24, 2.45) is 0 Å². The van der Waals surface area contributed by atoms with Crippen LogP contribution in [0.4, 0.5) is 8.78 Å². The van der Waals surface area contributed by atoms with E-state index in [1.807, 2.05) is 0 Å². The molecular weight excluding hydrogens is 400 g/mol. The fourth-order valence-corrected chi connectivity index (χ4v) is 3.58. The van der Waals surface area contributed by atoms with E-state index in [-0.39, 0.29) is 25.3 Å². The average molecular weight is 423 g/mol. The summed E-state index contributed by atoms with van der Waals surface area (Å²) in [6, 6.07) is 6.37. The summed E-state index contributed by atoms with van der Waals surface area (Å²) >= 11 is 0. The Morgan fingerprint density at radius 1 is 1.13 bits per heavy atom. The molecule has 1 aliphatic heterocycles. The first-order valence-electron chi connectivity index (χ1n) is 9.24. The molecule has 2 aromatic rings. The number of carbonyl (C=O) groups excluding carboxylic acids is 1. The van der Waals surface area contributed by atoms with Gasteiger partial charge < -0.3 is 29.0 Å². The van der Waals surface area contributed by atoms with Crippen LogP contribution < -0.4 is 14.2 Å². The summed E-state index contributed by atoms with van der Waals surface area (Å²) in [5.41, 5.74) is 0.270. The summed E-state index contributed by atoms with van der Waals surface area (Å²) in [5, 5.41) is 9.83. The maximum Gasteiger partial charge on any atom is 0.257 e. The third kappa shape index (κ3) is 3.90. The molecule has 2 atom stereocenters. The van der Waals surface area contributed by atoms with Gasteiger partial charge in [-0.3, -0.25) is 4.79 Å². The highest BCUT2D eigenvalue weighted by Crippen LogP contribution is 2.37. The zero-order valence-corrected chi connectivity index (χ0v) is 16.9. The van der Waals surface area contributed by atoms with Crippen molar-refractivity contribution in [2.45, 2.75) is 12.1 Å². The number of nitrogens with zero attached hydrogens (tertiary/aromatic N) is 1. The molecule has 1 saturated heterocycles. The van der Waals surface area contributed by atoms with E-state index in [4.69, 9.17) is 18.9 Å². The number of methoxy groups -OCH3 is 3. The van der Waals surface area contributed by atoms with Gasteiger partial charge in [-0.1, -0.05) is 6.07 Å². The molecule has 0 unspecified atom stereocenters. The Balaban J connectivity index is 2.05. The zero-order chi connectivity index (χ0) is 21.8. The van der Waals surface area contributed by atoms with Crippen molar-refractivity contribution in [2.75, 3.05) is 41.1 Å². The van der Waals surface area contributed by atoms with E-state index in [0.717, 1.165) is 19.2 Å². The molecule has 3 rings (SSSR count). The number of ether oxygens (including phenoxy) is 4. The van der Waals surface area contributed by atoms with Crippen LogP contribution in [0.15, 0.2) is 30.3 Å². The first-order valence-corrected chi connectivity index (χ1v) is 9.24. The smallest absolute Gasteiger partial charge is 0.257 e. The van der Waals surface area contributed by atoms with Crippen molar-refractivity contribution in [3.8, 4) is 17.2 Å². The lowest BCUT2D eigenvalue weighted by Gasteiger charge is -2.41. The van der Waals surface area contributed by atoms with E-state index in [9.17, 15) is 18.7 Å². The van der Waals surface area contributed by atoms with Gasteiger partial charge in [0.15, 0.2) is 28.9 Å². The average Bonchev–Trinajstić information content (AvgIpc) is 2.78. The summed E-state index contributed by atoms with van der Waals surface area (Å²) in [6.45, 7) is -0.0633. The summed E-state index contributed by atoms with van der Waals surface area (Å²) < 4.78 is 49.5. The molecule has 0 aliphatic carbocycles. The molecule has 2 aromatic carbocycles. The lowest BCUT2D eigenvalue weighted by Crippen LogP contribution is -2.49. The number of hydrogen-bond donors (Lipinski definition) is 1. The van der Waals surface area contributed by atoms with Gasteiger partial charge in [0.1, 0.15) is 6.10 Å². The number of benzene rings is 2. The maximum atomic E-state index is 14.7. The summed E-state index contributed by atoms with van der Waals surface area (Å²) in [6.07, 6.45) is -0.744. The Labute approximate surface area is 172 Å². The van der Waals surface area contributed by atoms with E-state index in [0.29, 0.717) is 17.1 Å². The highest BCUT2D eigenvalue weighted by molar-refractivity contribution is 5.95. The van der Waals surface area contributed by atoms with Gasteiger partial charge in [0.2, 0.25) is 0 Å². The number of aliphatic hydroxyl groups is 1. The predicted octanol–water partition coefficient (Wildman–Crippen LogP) is 2.57. The number of carbonyl (C=O) groups is 1. The molecule has 0 saturated carbocycles. The molecule has 0 radical (unpaired) electrons. The van der Waals surface area contributed by atoms with Crippen LogP contribution in [-0.2, 0) is 4.74 Å². The Morgan fingerprint density at radius 3 is 2.50 bits per heavy atom. The van der Waals surface area contributed by atoms with Gasteiger partial charge in [0.25, 0.3) is 5.91 Å². The van der Waals surface area contributed by atoms with Crippen LogP contribution in [0.2, 0.25) is 0 Å². The topological polar surface area (TPSA) is 77.5 Å². The number of halogens is 2. The number of morpholine rings is 1. The lowest BCUT2D eigenvalue weighted by molar-refractivity contribution is -0.0812. The van der Waals surface area contributed by atoms with Crippen molar-refractivity contribution < 1.29 is 37.6 Å². The van der Waals surface area contributed by atoms with Crippen LogP contribution in [0.1, 0.15) is 22.0 Å². The quantitative estimate of drug-likeness (QED) is 0.770. The van der Waals surface area contributed by atoms with Crippen molar-refractivity contribution >= 4 is 5.91 Å². The number of rotatable bonds is 6. The van der Waals surface area contributed by atoms with Gasteiger partial charge in [-0.25, -0.2) is 8.78 Å². The third-order valence-corrected chi connectivity index (χ3v) is 5.03. The SMILES string of the molecule is COc1ccc([C@@H]2[C@@H](CO)OCCN2C(=O)c2ccc(F)c(OC)c2F)cc1OC. The van der Waals surface area contributed by atoms with Crippen LogP contribution in [0, 0.1) is 11.6 Å². The number of aliphatic hydroxyl groups excluding tert-OH is 1.